The average molecular weight is 508 g/mol. The smallest absolute Gasteiger partial charge is 0.348 e. The van der Waals surface area contributed by atoms with Crippen molar-refractivity contribution < 1.29 is 36.7 Å². The zero-order chi connectivity index (χ0) is 24.9. The summed E-state index contributed by atoms with van der Waals surface area (Å²) in [7, 11) is -4.29. The van der Waals surface area contributed by atoms with Gasteiger partial charge in [0.15, 0.2) is 0 Å². The summed E-state index contributed by atoms with van der Waals surface area (Å²) >= 11 is 0.786. The largest absolute Gasteiger partial charge is 0.462 e. The second-order valence-electron chi connectivity index (χ2n) is 6.75. The van der Waals surface area contributed by atoms with Crippen LogP contribution >= 0.6 is 11.3 Å². The highest BCUT2D eigenvalue weighted by Gasteiger charge is 2.30. The number of esters is 2. The van der Waals surface area contributed by atoms with Gasteiger partial charge in [-0.05, 0) is 38.5 Å². The number of anilines is 1. The number of thiophene rings is 1. The van der Waals surface area contributed by atoms with Crippen LogP contribution in [0.15, 0.2) is 40.0 Å². The molecule has 1 aromatic carbocycles. The summed E-state index contributed by atoms with van der Waals surface area (Å²) in [5, 5.41) is 8.88. The zero-order valence-corrected chi connectivity index (χ0v) is 20.1. The summed E-state index contributed by atoms with van der Waals surface area (Å²) in [6.07, 6.45) is 0. The number of amides is 1. The van der Waals surface area contributed by atoms with Gasteiger partial charge < -0.3 is 19.2 Å². The molecule has 3 aromatic rings. The van der Waals surface area contributed by atoms with Crippen LogP contribution in [0.3, 0.4) is 0 Å². The van der Waals surface area contributed by atoms with Gasteiger partial charge in [-0.1, -0.05) is 23.3 Å². The van der Waals surface area contributed by atoms with Crippen molar-refractivity contribution in [2.24, 2.45) is 0 Å². The summed E-state index contributed by atoms with van der Waals surface area (Å²) < 4.78 is 40.5. The summed E-state index contributed by atoms with van der Waals surface area (Å²) in [5.74, 6) is -3.46. The molecule has 2 aromatic heterocycles. The Labute approximate surface area is 199 Å². The molecule has 1 amide bonds. The highest BCUT2D eigenvalue weighted by molar-refractivity contribution is 7.91. The number of nitrogens with one attached hydrogen (secondary N) is 1. The molecule has 2 heterocycles. The Bertz CT molecular complexity index is 1310. The molecule has 0 aliphatic heterocycles. The van der Waals surface area contributed by atoms with Gasteiger partial charge in [-0.25, -0.2) is 18.0 Å². The lowest BCUT2D eigenvalue weighted by atomic mass is 10.1. The minimum absolute atomic E-state index is 0.0165. The number of sulfone groups is 1. The van der Waals surface area contributed by atoms with Gasteiger partial charge in [-0.3, -0.25) is 4.79 Å². The minimum Gasteiger partial charge on any atom is -0.462 e. The van der Waals surface area contributed by atoms with E-state index >= 15 is 0 Å². The molecule has 180 valence electrons. The molecule has 0 bridgehead atoms. The summed E-state index contributed by atoms with van der Waals surface area (Å²) in [4.78, 5) is 37.3. The molecule has 0 saturated heterocycles. The highest BCUT2D eigenvalue weighted by atomic mass is 32.2. The van der Waals surface area contributed by atoms with E-state index in [1.807, 2.05) is 0 Å². The van der Waals surface area contributed by atoms with E-state index in [1.54, 1.807) is 44.2 Å². The molecule has 0 spiro atoms. The molecule has 0 fully saturated rings. The fourth-order valence-corrected chi connectivity index (χ4v) is 4.89. The van der Waals surface area contributed by atoms with Crippen molar-refractivity contribution in [1.29, 1.82) is 0 Å². The monoisotopic (exact) mass is 507 g/mol. The Morgan fingerprint density at radius 1 is 1.03 bits per heavy atom. The Balaban J connectivity index is 1.83. The van der Waals surface area contributed by atoms with E-state index in [0.29, 0.717) is 5.56 Å². The molecular weight excluding hydrogens is 486 g/mol. The van der Waals surface area contributed by atoms with Gasteiger partial charge in [0.25, 0.3) is 0 Å². The number of carbonyl (C=O) groups is 3. The molecule has 13 heteroatoms. The number of hydrogen-bond acceptors (Lipinski definition) is 11. The number of hydrogen-bond donors (Lipinski definition) is 1. The van der Waals surface area contributed by atoms with E-state index in [4.69, 9.17) is 13.9 Å². The van der Waals surface area contributed by atoms with E-state index in [2.05, 4.69) is 15.5 Å². The van der Waals surface area contributed by atoms with Crippen LogP contribution in [0.1, 0.15) is 39.4 Å². The number of nitrogens with zero attached hydrogens (tertiary/aromatic N) is 2. The Morgan fingerprint density at radius 3 is 2.32 bits per heavy atom. The maximum absolute atomic E-state index is 12.6. The number of rotatable bonds is 9. The molecule has 11 nitrogen and oxygen atoms in total. The van der Waals surface area contributed by atoms with Gasteiger partial charge in [0.2, 0.25) is 21.6 Å². The van der Waals surface area contributed by atoms with Crippen molar-refractivity contribution in [2.45, 2.75) is 26.0 Å². The third kappa shape index (κ3) is 5.48. The number of carbonyl (C=O) groups excluding carboxylic acids is 3. The van der Waals surface area contributed by atoms with Crippen LogP contribution in [0.25, 0.3) is 11.5 Å². The van der Waals surface area contributed by atoms with Gasteiger partial charge in [-0.15, -0.1) is 16.4 Å². The quantitative estimate of drug-likeness (QED) is 0.427. The van der Waals surface area contributed by atoms with E-state index in [1.165, 1.54) is 6.92 Å². The van der Waals surface area contributed by atoms with Crippen molar-refractivity contribution in [3.05, 3.63) is 46.3 Å². The molecule has 1 N–H and O–H groups in total. The van der Waals surface area contributed by atoms with Crippen LogP contribution < -0.4 is 5.32 Å². The first-order valence-electron chi connectivity index (χ1n) is 10.1. The topological polar surface area (TPSA) is 155 Å². The lowest BCUT2D eigenvalue weighted by Gasteiger charge is -2.06. The van der Waals surface area contributed by atoms with Crippen LogP contribution in [0.2, 0.25) is 0 Å². The predicted octanol–water partition coefficient (Wildman–Crippen LogP) is 2.87. The molecule has 0 aliphatic rings. The number of ether oxygens (including phenoxy) is 2. The summed E-state index contributed by atoms with van der Waals surface area (Å²) in [5.41, 5.74) is 0.717. The molecule has 34 heavy (non-hydrogen) atoms. The minimum atomic E-state index is -4.29. The average Bonchev–Trinajstić information content (AvgIpc) is 3.40. The normalized spacial score (nSPS) is 11.1. The van der Waals surface area contributed by atoms with Crippen molar-refractivity contribution in [1.82, 2.24) is 10.2 Å². The van der Waals surface area contributed by atoms with E-state index in [0.717, 1.165) is 11.3 Å². The first-order chi connectivity index (χ1) is 16.2. The highest BCUT2D eigenvalue weighted by Crippen LogP contribution is 2.34. The maximum Gasteiger partial charge on any atom is 0.348 e. The Morgan fingerprint density at radius 2 is 1.68 bits per heavy atom. The van der Waals surface area contributed by atoms with Crippen molar-refractivity contribution in [3.63, 3.8) is 0 Å². The Kier molecular flexibility index (Phi) is 7.79. The van der Waals surface area contributed by atoms with Crippen LogP contribution in [0.5, 0.6) is 0 Å². The molecule has 0 atom stereocenters. The second kappa shape index (κ2) is 10.6. The third-order valence-electron chi connectivity index (χ3n) is 4.35. The molecular formula is C21H21N3O8S2. The van der Waals surface area contributed by atoms with Gasteiger partial charge in [-0.2, -0.15) is 0 Å². The third-order valence-corrected chi connectivity index (χ3v) is 6.88. The van der Waals surface area contributed by atoms with E-state index < -0.39 is 38.7 Å². The van der Waals surface area contributed by atoms with Crippen molar-refractivity contribution in [3.8, 4) is 11.5 Å². The van der Waals surface area contributed by atoms with Crippen LogP contribution in [0.4, 0.5) is 5.00 Å². The standard InChI is InChI=1S/C21H21N3O8S2/c1-4-30-19(26)15-12(3)16(20(27)31-5-2)33-18(15)22-14(25)11-34(28,29)21-24-23-17(32-21)13-9-7-6-8-10-13/h6-10H,4-5,11H2,1-3H3,(H,22,25). The number of aromatic nitrogens is 2. The fourth-order valence-electron chi connectivity index (χ4n) is 2.87. The maximum atomic E-state index is 12.6. The van der Waals surface area contributed by atoms with E-state index in [-0.39, 0.29) is 40.1 Å². The first-order valence-corrected chi connectivity index (χ1v) is 12.5. The van der Waals surface area contributed by atoms with E-state index in [9.17, 15) is 22.8 Å². The molecule has 0 saturated carbocycles. The van der Waals surface area contributed by atoms with Crippen LogP contribution in [0, 0.1) is 6.92 Å². The molecule has 0 aliphatic carbocycles. The molecule has 3 rings (SSSR count). The lowest BCUT2D eigenvalue weighted by Crippen LogP contribution is -2.24. The Hall–Kier alpha value is -3.58. The van der Waals surface area contributed by atoms with Gasteiger partial charge in [0, 0.05) is 5.56 Å². The van der Waals surface area contributed by atoms with Crippen LogP contribution in [-0.2, 0) is 24.1 Å². The van der Waals surface area contributed by atoms with Crippen molar-refractivity contribution in [2.75, 3.05) is 24.3 Å². The summed E-state index contributed by atoms with van der Waals surface area (Å²) in [6.45, 7) is 4.91. The summed E-state index contributed by atoms with van der Waals surface area (Å²) in [6, 6.07) is 8.53. The lowest BCUT2D eigenvalue weighted by molar-refractivity contribution is -0.113. The van der Waals surface area contributed by atoms with Gasteiger partial charge >= 0.3 is 17.2 Å². The zero-order valence-electron chi connectivity index (χ0n) is 18.5. The van der Waals surface area contributed by atoms with Gasteiger partial charge in [0.1, 0.15) is 15.6 Å². The number of benzene rings is 1. The first kappa shape index (κ1) is 25.1. The fraction of sp³-hybridized carbons (Fsp3) is 0.286. The second-order valence-corrected chi connectivity index (χ2v) is 9.64. The van der Waals surface area contributed by atoms with Gasteiger partial charge in [0.05, 0.1) is 18.8 Å². The van der Waals surface area contributed by atoms with Crippen molar-refractivity contribution >= 4 is 44.0 Å². The SMILES string of the molecule is CCOC(=O)c1sc(NC(=O)CS(=O)(=O)c2nnc(-c3ccccc3)o2)c(C(=O)OCC)c1C. The van der Waals surface area contributed by atoms with Crippen LogP contribution in [-0.4, -0.2) is 55.4 Å². The molecule has 0 unspecified atom stereocenters. The molecule has 0 radical (unpaired) electrons. The predicted molar refractivity (Wildman–Crippen MR) is 121 cm³/mol.